The zero-order valence-corrected chi connectivity index (χ0v) is 19.3. The van der Waals surface area contributed by atoms with Crippen molar-refractivity contribution in [1.29, 1.82) is 0 Å². The summed E-state index contributed by atoms with van der Waals surface area (Å²) < 4.78 is 7.25. The quantitative estimate of drug-likeness (QED) is 0.363. The first-order valence-corrected chi connectivity index (χ1v) is 11.5. The molecule has 1 atom stereocenters. The van der Waals surface area contributed by atoms with Crippen molar-refractivity contribution >= 4 is 23.4 Å². The van der Waals surface area contributed by atoms with E-state index >= 15 is 0 Å². The maximum Gasteiger partial charge on any atom is 0.237 e. The molecule has 4 rings (SSSR count). The number of pyridine rings is 1. The molecular formula is C25H25N5O2S. The molecule has 4 aromatic rings. The lowest BCUT2D eigenvalue weighted by molar-refractivity contribution is -0.115. The van der Waals surface area contributed by atoms with Gasteiger partial charge in [-0.2, -0.15) is 0 Å². The predicted molar refractivity (Wildman–Crippen MR) is 131 cm³/mol. The van der Waals surface area contributed by atoms with Crippen LogP contribution >= 0.6 is 11.8 Å². The van der Waals surface area contributed by atoms with Crippen LogP contribution < -0.4 is 5.32 Å². The molecule has 0 aliphatic heterocycles. The number of nitrogens with zero attached hydrogens (tertiary/aromatic N) is 4. The van der Waals surface area contributed by atoms with Crippen molar-refractivity contribution in [2.24, 2.45) is 0 Å². The second-order valence-corrected chi connectivity index (χ2v) is 8.66. The van der Waals surface area contributed by atoms with Gasteiger partial charge in [-0.15, -0.1) is 10.2 Å². The number of amides is 1. The molecule has 0 saturated heterocycles. The van der Waals surface area contributed by atoms with Crippen molar-refractivity contribution < 1.29 is 9.53 Å². The van der Waals surface area contributed by atoms with E-state index in [4.69, 9.17) is 4.74 Å². The minimum Gasteiger partial charge on any atom is -0.383 e. The zero-order chi connectivity index (χ0) is 23.0. The average Bonchev–Trinajstić information content (AvgIpc) is 3.26. The summed E-state index contributed by atoms with van der Waals surface area (Å²) in [6.45, 7) is 2.95. The predicted octanol–water partition coefficient (Wildman–Crippen LogP) is 4.77. The van der Waals surface area contributed by atoms with Gasteiger partial charge in [0.2, 0.25) is 5.91 Å². The van der Waals surface area contributed by atoms with Gasteiger partial charge in [-0.1, -0.05) is 60.3 Å². The van der Waals surface area contributed by atoms with E-state index in [1.165, 1.54) is 11.8 Å². The molecule has 0 aliphatic carbocycles. The highest BCUT2D eigenvalue weighted by Gasteiger charge is 2.21. The third-order valence-corrected chi connectivity index (χ3v) is 6.18. The van der Waals surface area contributed by atoms with Gasteiger partial charge in [0.25, 0.3) is 0 Å². The van der Waals surface area contributed by atoms with E-state index in [1.807, 2.05) is 78.2 Å². The number of ether oxygens (including phenoxy) is 1. The van der Waals surface area contributed by atoms with E-state index in [0.29, 0.717) is 18.3 Å². The molecule has 33 heavy (non-hydrogen) atoms. The van der Waals surface area contributed by atoms with E-state index < -0.39 is 0 Å². The lowest BCUT2D eigenvalue weighted by Crippen LogP contribution is -2.23. The van der Waals surface area contributed by atoms with Crippen LogP contribution in [0.25, 0.3) is 22.5 Å². The van der Waals surface area contributed by atoms with Crippen molar-refractivity contribution in [2.45, 2.75) is 23.9 Å². The smallest absolute Gasteiger partial charge is 0.237 e. The number of para-hydroxylation sites is 1. The fourth-order valence-corrected chi connectivity index (χ4v) is 4.26. The van der Waals surface area contributed by atoms with Crippen LogP contribution in [0.2, 0.25) is 0 Å². The van der Waals surface area contributed by atoms with Gasteiger partial charge >= 0.3 is 0 Å². The summed E-state index contributed by atoms with van der Waals surface area (Å²) >= 11 is 1.37. The summed E-state index contributed by atoms with van der Waals surface area (Å²) in [6, 6.07) is 21.6. The normalized spacial score (nSPS) is 11.8. The number of rotatable bonds is 9. The van der Waals surface area contributed by atoms with Gasteiger partial charge in [-0.3, -0.25) is 14.3 Å². The summed E-state index contributed by atoms with van der Waals surface area (Å²) in [5, 5.41) is 12.1. The highest BCUT2D eigenvalue weighted by molar-refractivity contribution is 8.00. The minimum absolute atomic E-state index is 0.102. The largest absolute Gasteiger partial charge is 0.383 e. The summed E-state index contributed by atoms with van der Waals surface area (Å²) in [7, 11) is 1.66. The van der Waals surface area contributed by atoms with E-state index in [-0.39, 0.29) is 11.2 Å². The second-order valence-electron chi connectivity index (χ2n) is 7.35. The van der Waals surface area contributed by atoms with E-state index in [1.54, 1.807) is 19.5 Å². The number of carbonyl (C=O) groups is 1. The number of methoxy groups -OCH3 is 1. The van der Waals surface area contributed by atoms with Gasteiger partial charge in [0.15, 0.2) is 11.0 Å². The van der Waals surface area contributed by atoms with Crippen LogP contribution in [0.4, 0.5) is 5.69 Å². The van der Waals surface area contributed by atoms with Crippen LogP contribution in [-0.2, 0) is 16.1 Å². The Morgan fingerprint density at radius 2 is 1.73 bits per heavy atom. The third-order valence-electron chi connectivity index (χ3n) is 5.10. The van der Waals surface area contributed by atoms with Gasteiger partial charge in [0.1, 0.15) is 0 Å². The number of aromatic nitrogens is 4. The number of carbonyl (C=O) groups excluding carboxylic acids is 1. The Bertz CT molecular complexity index is 1200. The van der Waals surface area contributed by atoms with Crippen LogP contribution in [0, 0.1) is 0 Å². The summed E-state index contributed by atoms with van der Waals surface area (Å²) in [5.74, 6) is 0.620. The van der Waals surface area contributed by atoms with Crippen LogP contribution in [0.15, 0.2) is 84.3 Å². The van der Waals surface area contributed by atoms with E-state index in [2.05, 4.69) is 20.5 Å². The van der Waals surface area contributed by atoms with Crippen molar-refractivity contribution in [3.8, 4) is 22.5 Å². The number of hydrogen-bond donors (Lipinski definition) is 1. The molecule has 2 aromatic heterocycles. The average molecular weight is 460 g/mol. The Hall–Kier alpha value is -3.49. The maximum atomic E-state index is 13.1. The van der Waals surface area contributed by atoms with E-state index in [0.717, 1.165) is 28.2 Å². The van der Waals surface area contributed by atoms with Gasteiger partial charge in [-0.05, 0) is 30.7 Å². The number of anilines is 1. The molecule has 8 heteroatoms. The molecule has 0 bridgehead atoms. The van der Waals surface area contributed by atoms with Crippen LogP contribution in [0.3, 0.4) is 0 Å². The van der Waals surface area contributed by atoms with Gasteiger partial charge in [-0.25, -0.2) is 0 Å². The molecular weight excluding hydrogens is 434 g/mol. The maximum absolute atomic E-state index is 13.1. The van der Waals surface area contributed by atoms with Crippen molar-refractivity contribution in [3.05, 3.63) is 79.1 Å². The first-order chi connectivity index (χ1) is 16.2. The lowest BCUT2D eigenvalue weighted by Gasteiger charge is -2.15. The van der Waals surface area contributed by atoms with Crippen LogP contribution in [-0.4, -0.2) is 44.6 Å². The second kappa shape index (κ2) is 10.9. The van der Waals surface area contributed by atoms with Crippen molar-refractivity contribution in [3.63, 3.8) is 0 Å². The van der Waals surface area contributed by atoms with Gasteiger partial charge in [0.05, 0.1) is 18.4 Å². The molecule has 0 aliphatic rings. The minimum atomic E-state index is -0.385. The van der Waals surface area contributed by atoms with Crippen molar-refractivity contribution in [2.75, 3.05) is 19.0 Å². The Labute approximate surface area is 197 Å². The highest BCUT2D eigenvalue weighted by Crippen LogP contribution is 2.30. The Morgan fingerprint density at radius 1 is 1.00 bits per heavy atom. The monoisotopic (exact) mass is 459 g/mol. The Kier molecular flexibility index (Phi) is 7.49. The molecule has 0 spiro atoms. The first-order valence-electron chi connectivity index (χ1n) is 10.6. The van der Waals surface area contributed by atoms with Crippen LogP contribution in [0.1, 0.15) is 6.92 Å². The molecule has 0 radical (unpaired) electrons. The molecule has 1 N–H and O–H groups in total. The topological polar surface area (TPSA) is 81.9 Å². The first kappa shape index (κ1) is 22.7. The number of hydrogen-bond acceptors (Lipinski definition) is 6. The fraction of sp³-hybridized carbons (Fsp3) is 0.200. The highest BCUT2D eigenvalue weighted by atomic mass is 32.2. The summed E-state index contributed by atoms with van der Waals surface area (Å²) in [5.41, 5.74) is 3.72. The third kappa shape index (κ3) is 5.47. The lowest BCUT2D eigenvalue weighted by atomic mass is 10.0. The Balaban J connectivity index is 1.53. The molecule has 1 amide bonds. The van der Waals surface area contributed by atoms with E-state index in [9.17, 15) is 4.79 Å². The van der Waals surface area contributed by atoms with Gasteiger partial charge < -0.3 is 10.1 Å². The molecule has 1 unspecified atom stereocenters. The SMILES string of the molecule is COCCn1c(SC(C)C(=O)Nc2ccccc2-c2ccccc2)nnc1-c1ccncc1. The van der Waals surface area contributed by atoms with Gasteiger partial charge in [0, 0.05) is 36.3 Å². The fourth-order valence-electron chi connectivity index (χ4n) is 3.38. The molecule has 0 saturated carbocycles. The molecule has 2 aromatic carbocycles. The summed E-state index contributed by atoms with van der Waals surface area (Å²) in [6.07, 6.45) is 3.44. The summed E-state index contributed by atoms with van der Waals surface area (Å²) in [4.78, 5) is 17.1. The van der Waals surface area contributed by atoms with Crippen molar-refractivity contribution in [1.82, 2.24) is 19.7 Å². The number of thioether (sulfide) groups is 1. The van der Waals surface area contributed by atoms with Crippen LogP contribution in [0.5, 0.6) is 0 Å². The molecule has 0 fully saturated rings. The molecule has 2 heterocycles. The zero-order valence-electron chi connectivity index (χ0n) is 18.5. The molecule has 168 valence electrons. The standard InChI is InChI=1S/C25H25N5O2S/c1-18(24(31)27-22-11-7-6-10-21(22)19-8-4-3-5-9-19)33-25-29-28-23(30(25)16-17-32-2)20-12-14-26-15-13-20/h3-15,18H,16-17H2,1-2H3,(H,27,31). The number of nitrogens with one attached hydrogen (secondary N) is 1. The molecule has 7 nitrogen and oxygen atoms in total. The number of benzene rings is 2. The Morgan fingerprint density at radius 3 is 2.48 bits per heavy atom.